The Morgan fingerprint density at radius 2 is 1.92 bits per heavy atom. The number of benzene rings is 1. The maximum absolute atomic E-state index is 12.9. The molecular formula is C18H23FN4O. The summed E-state index contributed by atoms with van der Waals surface area (Å²) < 4.78 is 12.9. The van der Waals surface area contributed by atoms with Crippen molar-refractivity contribution in [1.29, 1.82) is 0 Å². The fourth-order valence-electron chi connectivity index (χ4n) is 2.14. The van der Waals surface area contributed by atoms with Crippen molar-refractivity contribution in [2.45, 2.75) is 33.7 Å². The number of aromatic nitrogens is 2. The first-order valence-electron chi connectivity index (χ1n) is 8.06. The van der Waals surface area contributed by atoms with Crippen molar-refractivity contribution in [3.63, 3.8) is 0 Å². The van der Waals surface area contributed by atoms with Crippen LogP contribution in [-0.2, 0) is 6.54 Å². The highest BCUT2D eigenvalue weighted by Crippen LogP contribution is 2.09. The molecule has 128 valence electrons. The van der Waals surface area contributed by atoms with E-state index < -0.39 is 0 Å². The number of aryl methyl sites for hydroxylation is 1. The molecule has 0 saturated heterocycles. The van der Waals surface area contributed by atoms with Gasteiger partial charge >= 0.3 is 0 Å². The van der Waals surface area contributed by atoms with Gasteiger partial charge in [-0.3, -0.25) is 4.79 Å². The smallest absolute Gasteiger partial charge is 0.270 e. The number of nitrogens with zero attached hydrogens (tertiary/aromatic N) is 2. The molecule has 0 saturated carbocycles. The number of rotatable bonds is 7. The van der Waals surface area contributed by atoms with Crippen molar-refractivity contribution in [3.8, 4) is 0 Å². The second kappa shape index (κ2) is 8.38. The fraction of sp³-hybridized carbons (Fsp3) is 0.389. The topological polar surface area (TPSA) is 66.9 Å². The zero-order valence-corrected chi connectivity index (χ0v) is 14.3. The monoisotopic (exact) mass is 330 g/mol. The molecule has 2 N–H and O–H groups in total. The molecule has 5 nitrogen and oxygen atoms in total. The Bertz CT molecular complexity index is 686. The minimum atomic E-state index is -0.298. The zero-order valence-electron chi connectivity index (χ0n) is 14.3. The quantitative estimate of drug-likeness (QED) is 0.817. The Morgan fingerprint density at radius 3 is 2.58 bits per heavy atom. The summed E-state index contributed by atoms with van der Waals surface area (Å²) >= 11 is 0. The molecule has 6 heteroatoms. The number of hydrogen-bond donors (Lipinski definition) is 2. The average molecular weight is 330 g/mol. The first-order chi connectivity index (χ1) is 11.4. The lowest BCUT2D eigenvalue weighted by Crippen LogP contribution is -2.24. The zero-order chi connectivity index (χ0) is 17.5. The molecule has 0 fully saturated rings. The number of carbonyl (C=O) groups is 1. The molecular weight excluding hydrogens is 307 g/mol. The summed E-state index contributed by atoms with van der Waals surface area (Å²) in [4.78, 5) is 20.7. The molecule has 1 aromatic heterocycles. The van der Waals surface area contributed by atoms with E-state index in [0.717, 1.165) is 18.5 Å². The van der Waals surface area contributed by atoms with Crippen molar-refractivity contribution in [2.24, 2.45) is 5.92 Å². The Morgan fingerprint density at radius 1 is 1.21 bits per heavy atom. The number of carbonyl (C=O) groups excluding carboxylic acids is 1. The molecule has 0 aliphatic heterocycles. The molecule has 1 heterocycles. The van der Waals surface area contributed by atoms with Crippen LogP contribution in [-0.4, -0.2) is 22.4 Å². The summed E-state index contributed by atoms with van der Waals surface area (Å²) in [5, 5.41) is 6.00. The predicted molar refractivity (Wildman–Crippen MR) is 92.3 cm³/mol. The van der Waals surface area contributed by atoms with Crippen LogP contribution in [0.25, 0.3) is 0 Å². The largest absolute Gasteiger partial charge is 0.370 e. The minimum Gasteiger partial charge on any atom is -0.370 e. The van der Waals surface area contributed by atoms with Crippen LogP contribution in [0.15, 0.2) is 30.3 Å². The molecule has 0 radical (unpaired) electrons. The van der Waals surface area contributed by atoms with Gasteiger partial charge in [0.25, 0.3) is 5.91 Å². The maximum Gasteiger partial charge on any atom is 0.270 e. The highest BCUT2D eigenvalue weighted by Gasteiger charge is 2.10. The molecule has 1 aromatic carbocycles. The first kappa shape index (κ1) is 17.8. The Kier molecular flexibility index (Phi) is 6.23. The highest BCUT2D eigenvalue weighted by atomic mass is 19.1. The van der Waals surface area contributed by atoms with Crippen LogP contribution in [0, 0.1) is 18.7 Å². The van der Waals surface area contributed by atoms with E-state index in [1.54, 1.807) is 25.1 Å². The highest BCUT2D eigenvalue weighted by molar-refractivity contribution is 5.92. The van der Waals surface area contributed by atoms with E-state index in [1.807, 2.05) is 0 Å². The van der Waals surface area contributed by atoms with E-state index >= 15 is 0 Å². The summed E-state index contributed by atoms with van der Waals surface area (Å²) in [5.74, 6) is 1.20. The Hall–Kier alpha value is -2.50. The van der Waals surface area contributed by atoms with Crippen molar-refractivity contribution >= 4 is 11.7 Å². The first-order valence-corrected chi connectivity index (χ1v) is 8.06. The lowest BCUT2D eigenvalue weighted by atomic mass is 10.1. The van der Waals surface area contributed by atoms with Gasteiger partial charge in [-0.2, -0.15) is 0 Å². The Labute approximate surface area is 141 Å². The fourth-order valence-corrected chi connectivity index (χ4v) is 2.14. The van der Waals surface area contributed by atoms with Crippen LogP contribution in [0.5, 0.6) is 0 Å². The summed E-state index contributed by atoms with van der Waals surface area (Å²) in [6, 6.07) is 7.66. The third-order valence-corrected chi connectivity index (χ3v) is 3.46. The molecule has 0 spiro atoms. The molecule has 2 rings (SSSR count). The van der Waals surface area contributed by atoms with Gasteiger partial charge in [0, 0.05) is 19.2 Å². The summed E-state index contributed by atoms with van der Waals surface area (Å²) in [5.41, 5.74) is 1.14. The van der Waals surface area contributed by atoms with Gasteiger partial charge in [0.15, 0.2) is 0 Å². The van der Waals surface area contributed by atoms with Gasteiger partial charge < -0.3 is 10.6 Å². The van der Waals surface area contributed by atoms with E-state index in [2.05, 4.69) is 34.4 Å². The number of anilines is 1. The third kappa shape index (κ3) is 5.61. The van der Waals surface area contributed by atoms with E-state index in [1.165, 1.54) is 12.1 Å². The van der Waals surface area contributed by atoms with Crippen LogP contribution in [0.3, 0.4) is 0 Å². The van der Waals surface area contributed by atoms with E-state index in [0.29, 0.717) is 29.8 Å². The van der Waals surface area contributed by atoms with Gasteiger partial charge in [-0.25, -0.2) is 14.4 Å². The van der Waals surface area contributed by atoms with Crippen molar-refractivity contribution in [3.05, 3.63) is 53.2 Å². The maximum atomic E-state index is 12.9. The van der Waals surface area contributed by atoms with E-state index in [9.17, 15) is 9.18 Å². The average Bonchev–Trinajstić information content (AvgIpc) is 2.53. The van der Waals surface area contributed by atoms with Crippen molar-refractivity contribution in [2.75, 3.05) is 11.9 Å². The lowest BCUT2D eigenvalue weighted by Gasteiger charge is -2.10. The molecule has 0 bridgehead atoms. The lowest BCUT2D eigenvalue weighted by molar-refractivity contribution is 0.0945. The molecule has 0 atom stereocenters. The van der Waals surface area contributed by atoms with Gasteiger partial charge in [0.05, 0.1) is 0 Å². The van der Waals surface area contributed by atoms with Crippen LogP contribution in [0.4, 0.5) is 10.2 Å². The molecule has 24 heavy (non-hydrogen) atoms. The number of nitrogens with one attached hydrogen (secondary N) is 2. The molecule has 0 aliphatic rings. The summed E-state index contributed by atoms with van der Waals surface area (Å²) in [6.45, 7) is 7.18. The van der Waals surface area contributed by atoms with E-state index in [4.69, 9.17) is 0 Å². The van der Waals surface area contributed by atoms with Crippen LogP contribution in [0.1, 0.15) is 42.1 Å². The van der Waals surface area contributed by atoms with Gasteiger partial charge in [0.2, 0.25) is 0 Å². The minimum absolute atomic E-state index is 0.281. The molecule has 0 unspecified atom stereocenters. The standard InChI is InChI=1S/C18H23FN4O/c1-12(2)8-9-20-17-10-16(22-13(3)23-17)18(24)21-11-14-4-6-15(19)7-5-14/h4-7,10,12H,8-9,11H2,1-3H3,(H,21,24)(H,20,22,23). The van der Waals surface area contributed by atoms with Crippen molar-refractivity contribution < 1.29 is 9.18 Å². The second-order valence-electron chi connectivity index (χ2n) is 6.10. The normalized spacial score (nSPS) is 10.7. The van der Waals surface area contributed by atoms with Crippen molar-refractivity contribution in [1.82, 2.24) is 15.3 Å². The van der Waals surface area contributed by atoms with Gasteiger partial charge in [0.1, 0.15) is 23.2 Å². The summed E-state index contributed by atoms with van der Waals surface area (Å²) in [7, 11) is 0. The van der Waals surface area contributed by atoms with E-state index in [-0.39, 0.29) is 11.7 Å². The molecule has 1 amide bonds. The van der Waals surface area contributed by atoms with Crippen LogP contribution >= 0.6 is 0 Å². The van der Waals surface area contributed by atoms with Crippen LogP contribution < -0.4 is 10.6 Å². The molecule has 0 aliphatic carbocycles. The number of hydrogen-bond acceptors (Lipinski definition) is 4. The molecule has 2 aromatic rings. The predicted octanol–water partition coefficient (Wildman–Crippen LogP) is 3.31. The Balaban J connectivity index is 1.97. The van der Waals surface area contributed by atoms with Gasteiger partial charge in [-0.1, -0.05) is 26.0 Å². The number of halogens is 1. The van der Waals surface area contributed by atoms with Gasteiger partial charge in [-0.15, -0.1) is 0 Å². The summed E-state index contributed by atoms with van der Waals surface area (Å²) in [6.07, 6.45) is 1.02. The second-order valence-corrected chi connectivity index (χ2v) is 6.10. The van der Waals surface area contributed by atoms with Crippen LogP contribution in [0.2, 0.25) is 0 Å². The SMILES string of the molecule is Cc1nc(NCCC(C)C)cc(C(=O)NCc2ccc(F)cc2)n1. The number of amides is 1. The third-order valence-electron chi connectivity index (χ3n) is 3.46. The van der Waals surface area contributed by atoms with Gasteiger partial charge in [-0.05, 0) is 37.0 Å².